The van der Waals surface area contributed by atoms with Crippen molar-refractivity contribution in [2.75, 3.05) is 26.2 Å². The van der Waals surface area contributed by atoms with Gasteiger partial charge in [-0.3, -0.25) is 18.9 Å². The number of benzene rings is 1. The second kappa shape index (κ2) is 7.59. The van der Waals surface area contributed by atoms with Crippen LogP contribution < -0.4 is 5.56 Å². The van der Waals surface area contributed by atoms with Crippen LogP contribution in [0.25, 0.3) is 4.96 Å². The van der Waals surface area contributed by atoms with Crippen molar-refractivity contribution >= 4 is 45.4 Å². The minimum absolute atomic E-state index is 0.0688. The van der Waals surface area contributed by atoms with Crippen molar-refractivity contribution in [1.29, 1.82) is 0 Å². The Hall–Kier alpha value is -1.93. The molecule has 1 aliphatic rings. The first-order valence-electron chi connectivity index (χ1n) is 8.44. The second-order valence-electron chi connectivity index (χ2n) is 6.33. The number of hydrogen-bond acceptors (Lipinski definition) is 5. The van der Waals surface area contributed by atoms with Crippen molar-refractivity contribution in [2.45, 2.75) is 6.54 Å². The Morgan fingerprint density at radius 2 is 1.93 bits per heavy atom. The average Bonchev–Trinajstić information content (AvgIpc) is 3.13. The van der Waals surface area contributed by atoms with E-state index in [1.54, 1.807) is 39.8 Å². The minimum Gasteiger partial charge on any atom is -0.336 e. The van der Waals surface area contributed by atoms with E-state index in [1.165, 1.54) is 11.3 Å². The van der Waals surface area contributed by atoms with Crippen molar-refractivity contribution < 1.29 is 4.79 Å². The van der Waals surface area contributed by atoms with Gasteiger partial charge in [0, 0.05) is 55.4 Å². The lowest BCUT2D eigenvalue weighted by Gasteiger charge is -2.34. The van der Waals surface area contributed by atoms with E-state index in [1.807, 2.05) is 5.38 Å². The van der Waals surface area contributed by atoms with Crippen molar-refractivity contribution in [3.63, 3.8) is 0 Å². The second-order valence-corrected chi connectivity index (χ2v) is 8.05. The number of halogens is 2. The third kappa shape index (κ3) is 3.87. The molecule has 0 atom stereocenters. The van der Waals surface area contributed by atoms with Gasteiger partial charge in [-0.2, -0.15) is 0 Å². The van der Waals surface area contributed by atoms with E-state index in [0.717, 1.165) is 5.69 Å². The first-order chi connectivity index (χ1) is 13.0. The molecule has 0 radical (unpaired) electrons. The van der Waals surface area contributed by atoms with Gasteiger partial charge < -0.3 is 4.90 Å². The summed E-state index contributed by atoms with van der Waals surface area (Å²) in [4.78, 5) is 34.0. The van der Waals surface area contributed by atoms with Gasteiger partial charge in [0.2, 0.25) is 0 Å². The van der Waals surface area contributed by atoms with Crippen LogP contribution in [0.2, 0.25) is 10.0 Å². The fourth-order valence-electron chi connectivity index (χ4n) is 3.14. The van der Waals surface area contributed by atoms with E-state index in [2.05, 4.69) is 9.88 Å². The Kier molecular flexibility index (Phi) is 5.19. The predicted octanol–water partition coefficient (Wildman–Crippen LogP) is 3.02. The normalized spacial score (nSPS) is 15.4. The molecule has 27 heavy (non-hydrogen) atoms. The van der Waals surface area contributed by atoms with Crippen LogP contribution in [0.15, 0.2) is 40.6 Å². The van der Waals surface area contributed by atoms with Crippen molar-refractivity contribution in [1.82, 2.24) is 19.2 Å². The van der Waals surface area contributed by atoms with Crippen LogP contribution in [-0.2, 0) is 6.54 Å². The zero-order valence-corrected chi connectivity index (χ0v) is 16.6. The van der Waals surface area contributed by atoms with Crippen LogP contribution in [0, 0.1) is 0 Å². The summed E-state index contributed by atoms with van der Waals surface area (Å²) < 4.78 is 1.54. The maximum atomic E-state index is 12.7. The van der Waals surface area contributed by atoms with Gasteiger partial charge in [-0.25, -0.2) is 4.98 Å². The summed E-state index contributed by atoms with van der Waals surface area (Å²) in [5.41, 5.74) is 1.11. The van der Waals surface area contributed by atoms with Crippen LogP contribution in [0.4, 0.5) is 0 Å². The lowest BCUT2D eigenvalue weighted by molar-refractivity contribution is 0.0627. The van der Waals surface area contributed by atoms with E-state index in [4.69, 9.17) is 23.2 Å². The molecule has 9 heteroatoms. The number of aromatic nitrogens is 2. The molecule has 0 aliphatic carbocycles. The number of hydrogen-bond donors (Lipinski definition) is 0. The molecule has 0 unspecified atom stereocenters. The molecule has 140 valence electrons. The maximum absolute atomic E-state index is 12.7. The molecular formula is C18H16Cl2N4O2S. The number of carbonyl (C=O) groups is 1. The van der Waals surface area contributed by atoms with Gasteiger partial charge in [-0.15, -0.1) is 11.3 Å². The van der Waals surface area contributed by atoms with Gasteiger partial charge in [-0.05, 0) is 18.2 Å². The Labute approximate surface area is 169 Å². The van der Waals surface area contributed by atoms with E-state index >= 15 is 0 Å². The highest BCUT2D eigenvalue weighted by Gasteiger charge is 2.24. The summed E-state index contributed by atoms with van der Waals surface area (Å²) in [6.07, 6.45) is 1.73. The third-order valence-electron chi connectivity index (χ3n) is 4.56. The number of piperazine rings is 1. The Morgan fingerprint density at radius 1 is 1.15 bits per heavy atom. The molecule has 0 spiro atoms. The number of thiazole rings is 1. The molecule has 0 bridgehead atoms. The van der Waals surface area contributed by atoms with E-state index in [-0.39, 0.29) is 11.5 Å². The smallest absolute Gasteiger partial charge is 0.258 e. The molecule has 4 rings (SSSR count). The fourth-order valence-corrected chi connectivity index (χ4v) is 4.25. The Morgan fingerprint density at radius 3 is 2.70 bits per heavy atom. The highest BCUT2D eigenvalue weighted by molar-refractivity contribution is 7.15. The first-order valence-corrected chi connectivity index (χ1v) is 10.1. The van der Waals surface area contributed by atoms with Gasteiger partial charge in [0.05, 0.1) is 16.3 Å². The number of fused-ring (bicyclic) bond motifs is 1. The lowest BCUT2D eigenvalue weighted by atomic mass is 10.1. The fraction of sp³-hybridized carbons (Fsp3) is 0.278. The monoisotopic (exact) mass is 422 g/mol. The zero-order chi connectivity index (χ0) is 19.0. The van der Waals surface area contributed by atoms with Crippen LogP contribution in [0.3, 0.4) is 0 Å². The summed E-state index contributed by atoms with van der Waals surface area (Å²) in [6.45, 7) is 3.16. The van der Waals surface area contributed by atoms with Crippen LogP contribution in [-0.4, -0.2) is 51.3 Å². The molecule has 6 nitrogen and oxygen atoms in total. The maximum Gasteiger partial charge on any atom is 0.258 e. The van der Waals surface area contributed by atoms with E-state index < -0.39 is 0 Å². The summed E-state index contributed by atoms with van der Waals surface area (Å²) in [7, 11) is 0. The lowest BCUT2D eigenvalue weighted by Crippen LogP contribution is -2.48. The highest BCUT2D eigenvalue weighted by atomic mass is 35.5. The van der Waals surface area contributed by atoms with Crippen LogP contribution >= 0.6 is 34.5 Å². The van der Waals surface area contributed by atoms with Crippen molar-refractivity contribution in [3.8, 4) is 0 Å². The quantitative estimate of drug-likeness (QED) is 0.650. The predicted molar refractivity (Wildman–Crippen MR) is 107 cm³/mol. The topological polar surface area (TPSA) is 57.9 Å². The SMILES string of the molecule is O=C(c1cc(Cl)ccc1Cl)N1CCN(Cc2cc(=O)n3ccsc3n2)CC1. The Balaban J connectivity index is 1.41. The summed E-state index contributed by atoms with van der Waals surface area (Å²) in [5, 5.41) is 2.74. The minimum atomic E-state index is -0.112. The molecule has 1 fully saturated rings. The zero-order valence-electron chi connectivity index (χ0n) is 14.3. The molecule has 1 saturated heterocycles. The van der Waals surface area contributed by atoms with Gasteiger partial charge in [0.15, 0.2) is 4.96 Å². The standard InChI is InChI=1S/C18H16Cl2N4O2S/c19-12-1-2-15(20)14(9-12)17(26)23-5-3-22(4-6-23)11-13-10-16(25)24-7-8-27-18(24)21-13/h1-2,7-10H,3-6,11H2. The van der Waals surface area contributed by atoms with Crippen LogP contribution in [0.5, 0.6) is 0 Å². The largest absolute Gasteiger partial charge is 0.336 e. The molecule has 1 aliphatic heterocycles. The molecular weight excluding hydrogens is 407 g/mol. The molecule has 3 aromatic rings. The molecule has 3 heterocycles. The number of rotatable bonds is 3. The summed E-state index contributed by atoms with van der Waals surface area (Å²) in [5.74, 6) is -0.112. The van der Waals surface area contributed by atoms with Crippen LogP contribution in [0.1, 0.15) is 16.1 Å². The number of amides is 1. The molecule has 1 amide bonds. The average molecular weight is 423 g/mol. The summed E-state index contributed by atoms with van der Waals surface area (Å²) in [6, 6.07) is 6.48. The van der Waals surface area contributed by atoms with E-state index in [9.17, 15) is 9.59 Å². The third-order valence-corrected chi connectivity index (χ3v) is 5.88. The van der Waals surface area contributed by atoms with Crippen molar-refractivity contribution in [2.24, 2.45) is 0 Å². The summed E-state index contributed by atoms with van der Waals surface area (Å²) >= 11 is 13.6. The molecule has 1 aromatic carbocycles. The molecule has 2 aromatic heterocycles. The molecule has 0 N–H and O–H groups in total. The highest BCUT2D eigenvalue weighted by Crippen LogP contribution is 2.23. The van der Waals surface area contributed by atoms with Gasteiger partial charge in [-0.1, -0.05) is 23.2 Å². The van der Waals surface area contributed by atoms with Gasteiger partial charge in [0.1, 0.15) is 0 Å². The van der Waals surface area contributed by atoms with Gasteiger partial charge >= 0.3 is 0 Å². The molecule has 0 saturated carbocycles. The Bertz CT molecular complexity index is 1060. The number of carbonyl (C=O) groups excluding carboxylic acids is 1. The van der Waals surface area contributed by atoms with Gasteiger partial charge in [0.25, 0.3) is 11.5 Å². The first kappa shape index (κ1) is 18.4. The number of nitrogens with zero attached hydrogens (tertiary/aromatic N) is 4. The van der Waals surface area contributed by atoms with E-state index in [0.29, 0.717) is 53.3 Å². The van der Waals surface area contributed by atoms with Crippen molar-refractivity contribution in [3.05, 3.63) is 67.5 Å².